The molecule has 5 heteroatoms. The summed E-state index contributed by atoms with van der Waals surface area (Å²) in [4.78, 5) is 11.3. The molecule has 1 amide bonds. The maximum Gasteiger partial charge on any atom is 0.262 e. The van der Waals surface area contributed by atoms with Crippen molar-refractivity contribution >= 4 is 11.6 Å². The van der Waals surface area contributed by atoms with E-state index in [4.69, 9.17) is 4.74 Å². The SMILES string of the molecule is O=C1COc2ccc(CNCc3cccc(F)c3)cc2N1. The zero-order valence-electron chi connectivity index (χ0n) is 11.4. The minimum atomic E-state index is -0.233. The molecule has 1 heterocycles. The number of hydrogen-bond donors (Lipinski definition) is 2. The Kier molecular flexibility index (Phi) is 3.83. The molecule has 1 aliphatic heterocycles. The van der Waals surface area contributed by atoms with E-state index in [2.05, 4.69) is 10.6 Å². The first-order chi connectivity index (χ1) is 10.2. The van der Waals surface area contributed by atoms with E-state index in [1.165, 1.54) is 12.1 Å². The van der Waals surface area contributed by atoms with Gasteiger partial charge in [-0.15, -0.1) is 0 Å². The maximum atomic E-state index is 13.1. The minimum absolute atomic E-state index is 0.0597. The van der Waals surface area contributed by atoms with Crippen LogP contribution in [0.3, 0.4) is 0 Å². The summed E-state index contributed by atoms with van der Waals surface area (Å²) in [6.07, 6.45) is 0. The number of anilines is 1. The van der Waals surface area contributed by atoms with Crippen molar-refractivity contribution < 1.29 is 13.9 Å². The lowest BCUT2D eigenvalue weighted by Crippen LogP contribution is -2.25. The van der Waals surface area contributed by atoms with Gasteiger partial charge in [0.1, 0.15) is 11.6 Å². The van der Waals surface area contributed by atoms with Gasteiger partial charge in [-0.05, 0) is 35.4 Å². The third-order valence-corrected chi connectivity index (χ3v) is 3.22. The molecule has 4 nitrogen and oxygen atoms in total. The molecule has 21 heavy (non-hydrogen) atoms. The third kappa shape index (κ3) is 3.38. The fourth-order valence-electron chi connectivity index (χ4n) is 2.24. The Morgan fingerprint density at radius 3 is 2.76 bits per heavy atom. The van der Waals surface area contributed by atoms with Crippen molar-refractivity contribution in [2.45, 2.75) is 13.1 Å². The first-order valence-corrected chi connectivity index (χ1v) is 6.71. The van der Waals surface area contributed by atoms with E-state index in [-0.39, 0.29) is 18.3 Å². The summed E-state index contributed by atoms with van der Waals surface area (Å²) >= 11 is 0. The molecule has 108 valence electrons. The highest BCUT2D eigenvalue weighted by Gasteiger charge is 2.15. The number of halogens is 1. The lowest BCUT2D eigenvalue weighted by molar-refractivity contribution is -0.118. The molecule has 2 N–H and O–H groups in total. The van der Waals surface area contributed by atoms with Crippen molar-refractivity contribution in [3.63, 3.8) is 0 Å². The van der Waals surface area contributed by atoms with Crippen LogP contribution in [0.25, 0.3) is 0 Å². The van der Waals surface area contributed by atoms with Crippen molar-refractivity contribution in [1.29, 1.82) is 0 Å². The maximum absolute atomic E-state index is 13.1. The molecular weight excluding hydrogens is 271 g/mol. The number of ether oxygens (including phenoxy) is 1. The predicted molar refractivity (Wildman–Crippen MR) is 77.5 cm³/mol. The van der Waals surface area contributed by atoms with E-state index < -0.39 is 0 Å². The van der Waals surface area contributed by atoms with Crippen molar-refractivity contribution in [2.24, 2.45) is 0 Å². The standard InChI is InChI=1S/C16H15FN2O2/c17-13-3-1-2-11(6-13)8-18-9-12-4-5-15-14(7-12)19-16(20)10-21-15/h1-7,18H,8-10H2,(H,19,20). The molecule has 0 unspecified atom stereocenters. The van der Waals surface area contributed by atoms with Gasteiger partial charge in [-0.3, -0.25) is 4.79 Å². The van der Waals surface area contributed by atoms with Gasteiger partial charge in [0, 0.05) is 13.1 Å². The minimum Gasteiger partial charge on any atom is -0.482 e. The highest BCUT2D eigenvalue weighted by Crippen LogP contribution is 2.28. The molecule has 0 aliphatic carbocycles. The molecule has 0 saturated heterocycles. The third-order valence-electron chi connectivity index (χ3n) is 3.22. The smallest absolute Gasteiger partial charge is 0.262 e. The Morgan fingerprint density at radius 2 is 1.95 bits per heavy atom. The number of carbonyl (C=O) groups excluding carboxylic acids is 1. The average Bonchev–Trinajstić information content (AvgIpc) is 2.47. The molecule has 1 aliphatic rings. The molecule has 0 atom stereocenters. The van der Waals surface area contributed by atoms with E-state index in [1.807, 2.05) is 24.3 Å². The molecule has 0 aromatic heterocycles. The molecule has 3 rings (SSSR count). The number of hydrogen-bond acceptors (Lipinski definition) is 3. The van der Waals surface area contributed by atoms with E-state index in [0.717, 1.165) is 11.1 Å². The number of fused-ring (bicyclic) bond motifs is 1. The summed E-state index contributed by atoms with van der Waals surface area (Å²) in [6, 6.07) is 12.2. The van der Waals surface area contributed by atoms with Crippen LogP contribution in [0.2, 0.25) is 0 Å². The van der Waals surface area contributed by atoms with Gasteiger partial charge in [0.15, 0.2) is 6.61 Å². The topological polar surface area (TPSA) is 50.4 Å². The molecule has 2 aromatic carbocycles. The summed E-state index contributed by atoms with van der Waals surface area (Å²) in [5.74, 6) is 0.304. The second-order valence-corrected chi connectivity index (χ2v) is 4.90. The average molecular weight is 286 g/mol. The van der Waals surface area contributed by atoms with Gasteiger partial charge in [0.05, 0.1) is 5.69 Å². The zero-order chi connectivity index (χ0) is 14.7. The van der Waals surface area contributed by atoms with Gasteiger partial charge in [0.25, 0.3) is 5.91 Å². The molecule has 0 radical (unpaired) electrons. The Bertz CT molecular complexity index is 673. The van der Waals surface area contributed by atoms with Crippen LogP contribution in [0.1, 0.15) is 11.1 Å². The van der Waals surface area contributed by atoms with Gasteiger partial charge >= 0.3 is 0 Å². The molecule has 0 bridgehead atoms. The Labute approximate surface area is 121 Å². The lowest BCUT2D eigenvalue weighted by Gasteiger charge is -2.18. The first kappa shape index (κ1) is 13.6. The van der Waals surface area contributed by atoms with Gasteiger partial charge in [-0.25, -0.2) is 4.39 Å². The summed E-state index contributed by atoms with van der Waals surface area (Å²) in [7, 11) is 0. The molecular formula is C16H15FN2O2. The van der Waals surface area contributed by atoms with Crippen molar-refractivity contribution in [2.75, 3.05) is 11.9 Å². The molecule has 0 spiro atoms. The molecule has 2 aromatic rings. The van der Waals surface area contributed by atoms with Crippen molar-refractivity contribution in [3.05, 3.63) is 59.4 Å². The zero-order valence-corrected chi connectivity index (χ0v) is 11.4. The Hall–Kier alpha value is -2.40. The summed E-state index contributed by atoms with van der Waals surface area (Å²) in [6.45, 7) is 1.27. The van der Waals surface area contributed by atoms with Crippen molar-refractivity contribution in [3.8, 4) is 5.75 Å². The first-order valence-electron chi connectivity index (χ1n) is 6.71. The van der Waals surface area contributed by atoms with Crippen LogP contribution in [-0.2, 0) is 17.9 Å². The number of amides is 1. The normalized spacial score (nSPS) is 13.3. The lowest BCUT2D eigenvalue weighted by atomic mass is 10.1. The second kappa shape index (κ2) is 5.93. The fraction of sp³-hybridized carbons (Fsp3) is 0.188. The van der Waals surface area contributed by atoms with E-state index in [0.29, 0.717) is 24.5 Å². The van der Waals surface area contributed by atoms with Crippen LogP contribution >= 0.6 is 0 Å². The summed E-state index contributed by atoms with van der Waals surface area (Å²) < 4.78 is 18.4. The Morgan fingerprint density at radius 1 is 1.14 bits per heavy atom. The van der Waals surface area contributed by atoms with Crippen LogP contribution in [0.4, 0.5) is 10.1 Å². The van der Waals surface area contributed by atoms with Crippen LogP contribution < -0.4 is 15.4 Å². The summed E-state index contributed by atoms with van der Waals surface area (Å²) in [5.41, 5.74) is 2.61. The number of nitrogens with one attached hydrogen (secondary N) is 2. The molecule has 0 fully saturated rings. The van der Waals surface area contributed by atoms with E-state index in [9.17, 15) is 9.18 Å². The highest BCUT2D eigenvalue weighted by atomic mass is 19.1. The van der Waals surface area contributed by atoms with Crippen LogP contribution in [0.5, 0.6) is 5.75 Å². The fourth-order valence-corrected chi connectivity index (χ4v) is 2.24. The van der Waals surface area contributed by atoms with E-state index in [1.54, 1.807) is 6.07 Å². The Balaban J connectivity index is 1.61. The summed E-state index contributed by atoms with van der Waals surface area (Å²) in [5, 5.41) is 6.02. The highest BCUT2D eigenvalue weighted by molar-refractivity contribution is 5.95. The number of benzene rings is 2. The van der Waals surface area contributed by atoms with Gasteiger partial charge in [-0.2, -0.15) is 0 Å². The van der Waals surface area contributed by atoms with E-state index >= 15 is 0 Å². The van der Waals surface area contributed by atoms with Gasteiger partial charge in [0.2, 0.25) is 0 Å². The predicted octanol–water partition coefficient (Wildman–Crippen LogP) is 2.45. The number of carbonyl (C=O) groups is 1. The largest absolute Gasteiger partial charge is 0.482 e. The monoisotopic (exact) mass is 286 g/mol. The molecule has 0 saturated carbocycles. The van der Waals surface area contributed by atoms with Crippen LogP contribution in [0, 0.1) is 5.82 Å². The van der Waals surface area contributed by atoms with Gasteiger partial charge in [-0.1, -0.05) is 18.2 Å². The van der Waals surface area contributed by atoms with Crippen LogP contribution in [0.15, 0.2) is 42.5 Å². The van der Waals surface area contributed by atoms with Gasteiger partial charge < -0.3 is 15.4 Å². The number of rotatable bonds is 4. The quantitative estimate of drug-likeness (QED) is 0.907. The second-order valence-electron chi connectivity index (χ2n) is 4.90. The van der Waals surface area contributed by atoms with Crippen molar-refractivity contribution in [1.82, 2.24) is 5.32 Å². The van der Waals surface area contributed by atoms with Crippen LogP contribution in [-0.4, -0.2) is 12.5 Å².